The number of methoxy groups -OCH3 is 1. The number of aryl methyl sites for hydroxylation is 1. The molecular formula is C26H24N2O2. The monoisotopic (exact) mass is 396 g/mol. The number of hydrogen-bond acceptors (Lipinski definition) is 3. The molecule has 0 aliphatic heterocycles. The van der Waals surface area contributed by atoms with Crippen molar-refractivity contribution in [1.29, 1.82) is 0 Å². The van der Waals surface area contributed by atoms with Crippen LogP contribution in [0.3, 0.4) is 0 Å². The molecule has 4 aromatic carbocycles. The van der Waals surface area contributed by atoms with Gasteiger partial charge in [-0.2, -0.15) is 5.10 Å². The predicted octanol–water partition coefficient (Wildman–Crippen LogP) is 5.47. The Balaban J connectivity index is 1.41. The number of fused-ring (bicyclic) bond motifs is 2. The normalized spacial score (nSPS) is 11.2. The largest absolute Gasteiger partial charge is 0.497 e. The summed E-state index contributed by atoms with van der Waals surface area (Å²) in [4.78, 5) is 12.2. The second-order valence-electron chi connectivity index (χ2n) is 7.23. The van der Waals surface area contributed by atoms with Gasteiger partial charge in [-0.15, -0.1) is 0 Å². The third kappa shape index (κ3) is 4.49. The Morgan fingerprint density at radius 2 is 1.57 bits per heavy atom. The number of carbonyl (C=O) groups is 1. The predicted molar refractivity (Wildman–Crippen MR) is 123 cm³/mol. The summed E-state index contributed by atoms with van der Waals surface area (Å²) in [6.45, 7) is 0. The molecule has 0 aromatic heterocycles. The molecule has 0 saturated carbocycles. The first-order valence-corrected chi connectivity index (χ1v) is 10.1. The molecule has 0 spiro atoms. The quantitative estimate of drug-likeness (QED) is 0.256. The van der Waals surface area contributed by atoms with Crippen LogP contribution in [0.1, 0.15) is 24.0 Å². The molecule has 1 N–H and O–H groups in total. The van der Waals surface area contributed by atoms with Crippen LogP contribution in [0.5, 0.6) is 5.75 Å². The SMILES string of the molecule is COc1ccc(CCCC(=O)N/N=C/c2c3ccccc3cc3ccccc23)cc1. The van der Waals surface area contributed by atoms with Crippen molar-refractivity contribution in [2.75, 3.05) is 7.11 Å². The minimum absolute atomic E-state index is 0.0793. The Labute approximate surface area is 176 Å². The maximum absolute atomic E-state index is 12.2. The van der Waals surface area contributed by atoms with Gasteiger partial charge in [-0.25, -0.2) is 5.43 Å². The number of carbonyl (C=O) groups excluding carboxylic acids is 1. The van der Waals surface area contributed by atoms with E-state index in [1.807, 2.05) is 48.5 Å². The van der Waals surface area contributed by atoms with Crippen molar-refractivity contribution in [3.63, 3.8) is 0 Å². The number of amides is 1. The second-order valence-corrected chi connectivity index (χ2v) is 7.23. The second kappa shape index (κ2) is 9.23. The highest BCUT2D eigenvalue weighted by Gasteiger charge is 2.06. The van der Waals surface area contributed by atoms with Crippen LogP contribution in [0.2, 0.25) is 0 Å². The molecule has 0 atom stereocenters. The average molecular weight is 396 g/mol. The fourth-order valence-corrected chi connectivity index (χ4v) is 3.66. The van der Waals surface area contributed by atoms with Crippen LogP contribution in [0.25, 0.3) is 21.5 Å². The van der Waals surface area contributed by atoms with Crippen molar-refractivity contribution in [3.8, 4) is 5.75 Å². The van der Waals surface area contributed by atoms with Crippen LogP contribution >= 0.6 is 0 Å². The van der Waals surface area contributed by atoms with Gasteiger partial charge >= 0.3 is 0 Å². The summed E-state index contributed by atoms with van der Waals surface area (Å²) in [7, 11) is 1.65. The molecule has 0 heterocycles. The minimum Gasteiger partial charge on any atom is -0.497 e. The first-order chi connectivity index (χ1) is 14.7. The van der Waals surface area contributed by atoms with Crippen LogP contribution in [-0.2, 0) is 11.2 Å². The molecule has 30 heavy (non-hydrogen) atoms. The summed E-state index contributed by atoms with van der Waals surface area (Å²) >= 11 is 0. The van der Waals surface area contributed by atoms with Crippen molar-refractivity contribution in [2.45, 2.75) is 19.3 Å². The summed E-state index contributed by atoms with van der Waals surface area (Å²) in [6, 6.07) is 26.6. The summed E-state index contributed by atoms with van der Waals surface area (Å²) in [6.07, 6.45) is 3.80. The maximum atomic E-state index is 12.2. The Morgan fingerprint density at radius 3 is 2.20 bits per heavy atom. The Kier molecular flexibility index (Phi) is 6.04. The van der Waals surface area contributed by atoms with Crippen LogP contribution in [0.15, 0.2) is 84.0 Å². The van der Waals surface area contributed by atoms with Crippen LogP contribution in [0, 0.1) is 0 Å². The smallest absolute Gasteiger partial charge is 0.240 e. The lowest BCUT2D eigenvalue weighted by atomic mass is 9.97. The first-order valence-electron chi connectivity index (χ1n) is 10.1. The van der Waals surface area contributed by atoms with Crippen LogP contribution in [-0.4, -0.2) is 19.2 Å². The molecule has 1 amide bonds. The molecule has 150 valence electrons. The van der Waals surface area contributed by atoms with E-state index < -0.39 is 0 Å². The Morgan fingerprint density at radius 1 is 0.933 bits per heavy atom. The van der Waals surface area contributed by atoms with E-state index in [9.17, 15) is 4.79 Å². The van der Waals surface area contributed by atoms with Crippen molar-refractivity contribution in [3.05, 3.63) is 90.0 Å². The van der Waals surface area contributed by atoms with Crippen molar-refractivity contribution >= 4 is 33.7 Å². The van der Waals surface area contributed by atoms with Gasteiger partial charge in [0.15, 0.2) is 0 Å². The molecule has 0 radical (unpaired) electrons. The molecule has 4 aromatic rings. The molecule has 0 aliphatic carbocycles. The molecule has 4 rings (SSSR count). The standard InChI is InChI=1S/C26H24N2O2/c1-30-22-15-13-19(14-16-22)7-6-12-26(29)28-27-18-25-23-10-4-2-8-20(23)17-21-9-3-5-11-24(21)25/h2-5,8-11,13-18H,6-7,12H2,1H3,(H,28,29)/b27-18+. The number of nitrogens with one attached hydrogen (secondary N) is 1. The fourth-order valence-electron chi connectivity index (χ4n) is 3.66. The lowest BCUT2D eigenvalue weighted by molar-refractivity contribution is -0.121. The van der Waals surface area contributed by atoms with Gasteiger partial charge in [0.05, 0.1) is 13.3 Å². The van der Waals surface area contributed by atoms with Crippen molar-refractivity contribution < 1.29 is 9.53 Å². The van der Waals surface area contributed by atoms with Crippen LogP contribution in [0.4, 0.5) is 0 Å². The van der Waals surface area contributed by atoms with E-state index in [0.717, 1.165) is 45.7 Å². The Bertz CT molecular complexity index is 1140. The summed E-state index contributed by atoms with van der Waals surface area (Å²) in [5.41, 5.74) is 4.88. The van der Waals surface area contributed by atoms with E-state index in [1.54, 1.807) is 13.3 Å². The van der Waals surface area contributed by atoms with Crippen molar-refractivity contribution in [1.82, 2.24) is 5.43 Å². The molecule has 0 unspecified atom stereocenters. The Hall–Kier alpha value is -3.66. The van der Waals surface area contributed by atoms with Gasteiger partial charge in [0.2, 0.25) is 5.91 Å². The number of rotatable bonds is 7. The molecule has 0 saturated heterocycles. The third-order valence-corrected chi connectivity index (χ3v) is 5.22. The first kappa shape index (κ1) is 19.6. The van der Waals surface area contributed by atoms with Crippen molar-refractivity contribution in [2.24, 2.45) is 5.10 Å². The number of hydrogen-bond donors (Lipinski definition) is 1. The lowest BCUT2D eigenvalue weighted by Crippen LogP contribution is -2.17. The van der Waals surface area contributed by atoms with E-state index in [1.165, 1.54) is 5.56 Å². The molecule has 4 nitrogen and oxygen atoms in total. The van der Waals surface area contributed by atoms with Gasteiger partial charge in [-0.3, -0.25) is 4.79 Å². The van der Waals surface area contributed by atoms with E-state index in [-0.39, 0.29) is 5.91 Å². The highest BCUT2D eigenvalue weighted by Crippen LogP contribution is 2.27. The van der Waals surface area contributed by atoms with E-state index >= 15 is 0 Å². The maximum Gasteiger partial charge on any atom is 0.240 e. The molecule has 4 heteroatoms. The number of hydrazone groups is 1. The topological polar surface area (TPSA) is 50.7 Å². The molecular weight excluding hydrogens is 372 g/mol. The zero-order valence-corrected chi connectivity index (χ0v) is 17.0. The molecule has 0 fully saturated rings. The van der Waals surface area contributed by atoms with Gasteiger partial charge in [-0.05, 0) is 58.1 Å². The van der Waals surface area contributed by atoms with Crippen LogP contribution < -0.4 is 10.2 Å². The highest BCUT2D eigenvalue weighted by atomic mass is 16.5. The highest BCUT2D eigenvalue weighted by molar-refractivity contribution is 6.13. The summed E-state index contributed by atoms with van der Waals surface area (Å²) in [5.74, 6) is 0.760. The fraction of sp³-hybridized carbons (Fsp3) is 0.154. The summed E-state index contributed by atoms with van der Waals surface area (Å²) in [5, 5.41) is 8.80. The number of nitrogens with zero attached hydrogens (tertiary/aromatic N) is 1. The van der Waals surface area contributed by atoms with Gasteiger partial charge in [0.25, 0.3) is 0 Å². The van der Waals surface area contributed by atoms with Gasteiger partial charge in [-0.1, -0.05) is 60.7 Å². The van der Waals surface area contributed by atoms with Gasteiger partial charge in [0.1, 0.15) is 5.75 Å². The van der Waals surface area contributed by atoms with Gasteiger partial charge in [0, 0.05) is 12.0 Å². The van der Waals surface area contributed by atoms with E-state index in [4.69, 9.17) is 4.74 Å². The van der Waals surface area contributed by atoms with E-state index in [2.05, 4.69) is 40.9 Å². The zero-order chi connectivity index (χ0) is 20.8. The molecule has 0 bridgehead atoms. The average Bonchev–Trinajstić information content (AvgIpc) is 2.79. The number of benzene rings is 4. The summed E-state index contributed by atoms with van der Waals surface area (Å²) < 4.78 is 5.17. The minimum atomic E-state index is -0.0793. The zero-order valence-electron chi connectivity index (χ0n) is 17.0. The number of ether oxygens (including phenoxy) is 1. The third-order valence-electron chi connectivity index (χ3n) is 5.22. The van der Waals surface area contributed by atoms with Gasteiger partial charge < -0.3 is 4.74 Å². The lowest BCUT2D eigenvalue weighted by Gasteiger charge is -2.08. The van der Waals surface area contributed by atoms with E-state index in [0.29, 0.717) is 6.42 Å². The molecule has 0 aliphatic rings.